The van der Waals surface area contributed by atoms with Crippen LogP contribution in [0.3, 0.4) is 0 Å². The number of rotatable bonds is 8. The first-order valence-electron chi connectivity index (χ1n) is 12.6. The molecule has 218 valence electrons. The van der Waals surface area contributed by atoms with Crippen molar-refractivity contribution in [2.45, 2.75) is 30.9 Å². The summed E-state index contributed by atoms with van der Waals surface area (Å²) in [5, 5.41) is 8.54. The molecule has 1 aliphatic carbocycles. The summed E-state index contributed by atoms with van der Waals surface area (Å²) in [5.41, 5.74) is -0.943. The SMILES string of the molecule is CN(C)C(=O)c1ccc(Nc2ncc(-c3ccc(CC(=O)Nc4cc(C5(C(F)(F)F)CC5)on4)c(F)c3)cn2)c(F)c1. The van der Waals surface area contributed by atoms with Crippen molar-refractivity contribution in [3.05, 3.63) is 83.4 Å². The normalized spacial score (nSPS) is 13.9. The number of amides is 2. The van der Waals surface area contributed by atoms with Crippen LogP contribution in [0.1, 0.15) is 34.5 Å². The van der Waals surface area contributed by atoms with Gasteiger partial charge in [0, 0.05) is 43.7 Å². The van der Waals surface area contributed by atoms with Crippen LogP contribution in [0.5, 0.6) is 0 Å². The standard InChI is InChI=1S/C28H23F5N6O3/c1-39(2)25(41)17-5-6-21(20(30)10-17)36-26-34-13-18(14-35-26)15-3-4-16(19(29)9-15)11-24(40)37-23-12-22(42-38-23)27(7-8-27)28(31,32)33/h3-6,9-10,12-14H,7-8,11H2,1-2H3,(H,34,35,36)(H,37,38,40). The van der Waals surface area contributed by atoms with E-state index in [1.54, 1.807) is 20.2 Å². The molecule has 1 fully saturated rings. The third kappa shape index (κ3) is 5.78. The van der Waals surface area contributed by atoms with Gasteiger partial charge in [0.15, 0.2) is 11.6 Å². The molecule has 2 N–H and O–H groups in total. The van der Waals surface area contributed by atoms with Crippen LogP contribution in [0.4, 0.5) is 39.4 Å². The second-order valence-corrected chi connectivity index (χ2v) is 10.0. The molecule has 0 atom stereocenters. The van der Waals surface area contributed by atoms with Crippen LogP contribution in [0.15, 0.2) is 59.4 Å². The minimum absolute atomic E-state index is 0.0415. The maximum absolute atomic E-state index is 14.8. The van der Waals surface area contributed by atoms with Crippen LogP contribution in [0, 0.1) is 11.6 Å². The highest BCUT2D eigenvalue weighted by Gasteiger charge is 2.66. The molecular weight excluding hydrogens is 563 g/mol. The highest BCUT2D eigenvalue weighted by Crippen LogP contribution is 2.59. The zero-order chi connectivity index (χ0) is 30.2. The number of hydrogen-bond donors (Lipinski definition) is 2. The van der Waals surface area contributed by atoms with Crippen molar-refractivity contribution in [2.75, 3.05) is 24.7 Å². The largest absolute Gasteiger partial charge is 0.401 e. The summed E-state index contributed by atoms with van der Waals surface area (Å²) in [4.78, 5) is 34.0. The molecule has 0 bridgehead atoms. The lowest BCUT2D eigenvalue weighted by molar-refractivity contribution is -0.165. The average Bonchev–Trinajstić information content (AvgIpc) is 3.64. The zero-order valence-corrected chi connectivity index (χ0v) is 22.2. The lowest BCUT2D eigenvalue weighted by Crippen LogP contribution is -2.28. The van der Waals surface area contributed by atoms with Crippen LogP contribution < -0.4 is 10.6 Å². The van der Waals surface area contributed by atoms with E-state index >= 15 is 0 Å². The van der Waals surface area contributed by atoms with Crippen LogP contribution >= 0.6 is 0 Å². The third-order valence-electron chi connectivity index (χ3n) is 6.80. The number of carbonyl (C=O) groups is 2. The number of benzene rings is 2. The molecule has 0 unspecified atom stereocenters. The lowest BCUT2D eigenvalue weighted by Gasteiger charge is -2.14. The van der Waals surface area contributed by atoms with E-state index in [4.69, 9.17) is 4.52 Å². The molecule has 1 saturated carbocycles. The van der Waals surface area contributed by atoms with Gasteiger partial charge in [0.05, 0.1) is 12.1 Å². The van der Waals surface area contributed by atoms with Gasteiger partial charge in [-0.05, 0) is 48.2 Å². The molecule has 2 aromatic carbocycles. The van der Waals surface area contributed by atoms with Crippen LogP contribution in [0.2, 0.25) is 0 Å². The second-order valence-electron chi connectivity index (χ2n) is 10.0. The summed E-state index contributed by atoms with van der Waals surface area (Å²) in [7, 11) is 3.12. The molecule has 5 rings (SSSR count). The summed E-state index contributed by atoms with van der Waals surface area (Å²) in [6.07, 6.45) is -2.33. The van der Waals surface area contributed by atoms with E-state index in [0.29, 0.717) is 11.1 Å². The van der Waals surface area contributed by atoms with Crippen LogP contribution in [0.25, 0.3) is 11.1 Å². The molecular formula is C28H23F5N6O3. The molecule has 9 nitrogen and oxygen atoms in total. The molecule has 14 heteroatoms. The first kappa shape index (κ1) is 28.6. The first-order valence-corrected chi connectivity index (χ1v) is 12.6. The molecule has 2 heterocycles. The van der Waals surface area contributed by atoms with E-state index in [1.165, 1.54) is 41.6 Å². The Bertz CT molecular complexity index is 1650. The quantitative estimate of drug-likeness (QED) is 0.257. The second kappa shape index (κ2) is 10.8. The van der Waals surface area contributed by atoms with Gasteiger partial charge >= 0.3 is 6.18 Å². The fourth-order valence-electron chi connectivity index (χ4n) is 4.25. The number of nitrogens with one attached hydrogen (secondary N) is 2. The molecule has 4 aromatic rings. The minimum Gasteiger partial charge on any atom is -0.358 e. The highest BCUT2D eigenvalue weighted by molar-refractivity contribution is 5.94. The molecule has 0 aliphatic heterocycles. The van der Waals surface area contributed by atoms with Gasteiger partial charge in [-0.25, -0.2) is 18.7 Å². The Morgan fingerprint density at radius 2 is 1.69 bits per heavy atom. The predicted molar refractivity (Wildman–Crippen MR) is 141 cm³/mol. The Labute approximate surface area is 235 Å². The van der Waals surface area contributed by atoms with Gasteiger partial charge in [0.25, 0.3) is 5.91 Å². The Morgan fingerprint density at radius 1 is 0.976 bits per heavy atom. The van der Waals surface area contributed by atoms with E-state index in [1.807, 2.05) is 0 Å². The summed E-state index contributed by atoms with van der Waals surface area (Å²) in [6, 6.07) is 9.11. The van der Waals surface area contributed by atoms with E-state index in [0.717, 1.165) is 12.1 Å². The van der Waals surface area contributed by atoms with Gasteiger partial charge < -0.3 is 20.1 Å². The maximum Gasteiger partial charge on any atom is 0.401 e. The number of nitrogens with zero attached hydrogens (tertiary/aromatic N) is 4. The molecule has 0 radical (unpaired) electrons. The van der Waals surface area contributed by atoms with Crippen molar-refractivity contribution in [1.82, 2.24) is 20.0 Å². The van der Waals surface area contributed by atoms with Gasteiger partial charge in [-0.2, -0.15) is 13.2 Å². The van der Waals surface area contributed by atoms with E-state index in [2.05, 4.69) is 25.8 Å². The first-order chi connectivity index (χ1) is 19.9. The minimum atomic E-state index is -4.49. The fraction of sp³-hybridized carbons (Fsp3) is 0.250. The van der Waals surface area contributed by atoms with Gasteiger partial charge in [-0.3, -0.25) is 9.59 Å². The van der Waals surface area contributed by atoms with Gasteiger partial charge in [-0.1, -0.05) is 17.3 Å². The fourth-order valence-corrected chi connectivity index (χ4v) is 4.25. The van der Waals surface area contributed by atoms with Crippen molar-refractivity contribution in [3.63, 3.8) is 0 Å². The molecule has 1 aliphatic rings. The van der Waals surface area contributed by atoms with Crippen molar-refractivity contribution in [1.29, 1.82) is 0 Å². The topological polar surface area (TPSA) is 113 Å². The van der Waals surface area contributed by atoms with Crippen LogP contribution in [-0.4, -0.2) is 52.1 Å². The van der Waals surface area contributed by atoms with Crippen LogP contribution in [-0.2, 0) is 16.6 Å². The van der Waals surface area contributed by atoms with E-state index in [9.17, 15) is 31.5 Å². The predicted octanol–water partition coefficient (Wildman–Crippen LogP) is 5.63. The molecule has 42 heavy (non-hydrogen) atoms. The lowest BCUT2D eigenvalue weighted by atomic mass is 10.0. The Morgan fingerprint density at radius 3 is 2.29 bits per heavy atom. The average molecular weight is 587 g/mol. The van der Waals surface area contributed by atoms with E-state index < -0.39 is 35.6 Å². The molecule has 0 saturated heterocycles. The maximum atomic E-state index is 14.8. The monoisotopic (exact) mass is 586 g/mol. The highest BCUT2D eigenvalue weighted by atomic mass is 19.4. The number of halogens is 5. The smallest absolute Gasteiger partial charge is 0.358 e. The number of alkyl halides is 3. The van der Waals surface area contributed by atoms with Crippen molar-refractivity contribution >= 4 is 29.3 Å². The van der Waals surface area contributed by atoms with E-state index in [-0.39, 0.29) is 53.1 Å². The van der Waals surface area contributed by atoms with Gasteiger partial charge in [0.2, 0.25) is 11.9 Å². The molecule has 2 amide bonds. The number of aromatic nitrogens is 3. The Kier molecular flexibility index (Phi) is 7.39. The number of carbonyl (C=O) groups excluding carboxylic acids is 2. The summed E-state index contributed by atoms with van der Waals surface area (Å²) in [5.74, 6) is -2.90. The number of hydrogen-bond acceptors (Lipinski definition) is 7. The van der Waals surface area contributed by atoms with Crippen molar-refractivity contribution in [3.8, 4) is 11.1 Å². The Hall–Kier alpha value is -4.88. The Balaban J connectivity index is 1.21. The molecule has 2 aromatic heterocycles. The summed E-state index contributed by atoms with van der Waals surface area (Å²) in [6.45, 7) is 0. The zero-order valence-electron chi connectivity index (χ0n) is 22.2. The summed E-state index contributed by atoms with van der Waals surface area (Å²) < 4.78 is 73.9. The van der Waals surface area contributed by atoms with Crippen molar-refractivity contribution < 1.29 is 36.1 Å². The summed E-state index contributed by atoms with van der Waals surface area (Å²) >= 11 is 0. The van der Waals surface area contributed by atoms with Gasteiger partial charge in [0.1, 0.15) is 17.0 Å². The number of anilines is 3. The van der Waals surface area contributed by atoms with Gasteiger partial charge in [-0.15, -0.1) is 0 Å². The third-order valence-corrected chi connectivity index (χ3v) is 6.80. The van der Waals surface area contributed by atoms with Crippen molar-refractivity contribution in [2.24, 2.45) is 0 Å². The molecule has 0 spiro atoms.